The molecule has 3 aromatic carbocycles. The lowest BCUT2D eigenvalue weighted by Gasteiger charge is -2.29. The Balaban J connectivity index is 1.39. The lowest BCUT2D eigenvalue weighted by molar-refractivity contribution is 0.0993. The SMILES string of the molecule is O=C(Cc1ccc(OCc2ccncc2)c2ccccc12)c1cc(F)cc(N2CCCCC2)c1. The van der Waals surface area contributed by atoms with Gasteiger partial charge in [0.15, 0.2) is 5.78 Å². The van der Waals surface area contributed by atoms with Crippen LogP contribution in [-0.2, 0) is 13.0 Å². The van der Waals surface area contributed by atoms with Crippen LogP contribution in [0.15, 0.2) is 79.1 Å². The van der Waals surface area contributed by atoms with Gasteiger partial charge in [-0.15, -0.1) is 0 Å². The number of fused-ring (bicyclic) bond motifs is 1. The average molecular weight is 455 g/mol. The van der Waals surface area contributed by atoms with Crippen LogP contribution in [0, 0.1) is 5.82 Å². The van der Waals surface area contributed by atoms with E-state index >= 15 is 0 Å². The number of halogens is 1. The number of hydrogen-bond acceptors (Lipinski definition) is 4. The second-order valence-electron chi connectivity index (χ2n) is 8.76. The number of carbonyl (C=O) groups excluding carboxylic acids is 1. The molecule has 0 bridgehead atoms. The van der Waals surface area contributed by atoms with Crippen molar-refractivity contribution < 1.29 is 13.9 Å². The molecule has 172 valence electrons. The van der Waals surface area contributed by atoms with Crippen LogP contribution in [0.2, 0.25) is 0 Å². The minimum Gasteiger partial charge on any atom is -0.488 e. The molecule has 0 amide bonds. The van der Waals surface area contributed by atoms with Crippen molar-refractivity contribution >= 4 is 22.2 Å². The first-order valence-electron chi connectivity index (χ1n) is 11.8. The zero-order valence-electron chi connectivity index (χ0n) is 19.0. The third-order valence-corrected chi connectivity index (χ3v) is 6.39. The van der Waals surface area contributed by atoms with Crippen molar-refractivity contribution in [3.8, 4) is 5.75 Å². The van der Waals surface area contributed by atoms with Crippen molar-refractivity contribution in [2.45, 2.75) is 32.3 Å². The highest BCUT2D eigenvalue weighted by molar-refractivity contribution is 6.01. The Bertz CT molecular complexity index is 1300. The molecular formula is C29H27FN2O2. The van der Waals surface area contributed by atoms with Crippen LogP contribution in [-0.4, -0.2) is 23.9 Å². The number of pyridine rings is 1. The molecule has 0 unspecified atom stereocenters. The van der Waals surface area contributed by atoms with Crippen LogP contribution in [0.25, 0.3) is 10.8 Å². The van der Waals surface area contributed by atoms with Crippen molar-refractivity contribution in [1.29, 1.82) is 0 Å². The number of benzene rings is 3. The molecule has 0 spiro atoms. The maximum absolute atomic E-state index is 14.4. The first-order chi connectivity index (χ1) is 16.7. The molecule has 2 heterocycles. The maximum Gasteiger partial charge on any atom is 0.167 e. The molecule has 4 aromatic rings. The molecule has 4 nitrogen and oxygen atoms in total. The molecule has 0 saturated carbocycles. The molecule has 0 atom stereocenters. The highest BCUT2D eigenvalue weighted by atomic mass is 19.1. The zero-order valence-corrected chi connectivity index (χ0v) is 19.0. The normalized spacial score (nSPS) is 13.7. The van der Waals surface area contributed by atoms with Crippen LogP contribution >= 0.6 is 0 Å². The average Bonchev–Trinajstić information content (AvgIpc) is 2.89. The first kappa shape index (κ1) is 22.1. The van der Waals surface area contributed by atoms with Gasteiger partial charge in [-0.3, -0.25) is 9.78 Å². The molecule has 5 heteroatoms. The van der Waals surface area contributed by atoms with Gasteiger partial charge in [0.05, 0.1) is 0 Å². The fourth-order valence-corrected chi connectivity index (χ4v) is 4.60. The van der Waals surface area contributed by atoms with E-state index in [2.05, 4.69) is 9.88 Å². The van der Waals surface area contributed by atoms with Crippen molar-refractivity contribution in [3.05, 3.63) is 102 Å². The number of ether oxygens (including phenoxy) is 1. The molecule has 1 saturated heterocycles. The van der Waals surface area contributed by atoms with E-state index in [4.69, 9.17) is 4.74 Å². The molecule has 0 aliphatic carbocycles. The Labute approximate surface area is 199 Å². The van der Waals surface area contributed by atoms with E-state index in [1.807, 2.05) is 54.6 Å². The predicted molar refractivity (Wildman–Crippen MR) is 133 cm³/mol. The summed E-state index contributed by atoms with van der Waals surface area (Å²) in [5.74, 6) is 0.311. The van der Waals surface area contributed by atoms with E-state index in [1.165, 1.54) is 18.6 Å². The summed E-state index contributed by atoms with van der Waals surface area (Å²) in [5, 5.41) is 1.92. The fourth-order valence-electron chi connectivity index (χ4n) is 4.60. The molecule has 34 heavy (non-hydrogen) atoms. The first-order valence-corrected chi connectivity index (χ1v) is 11.8. The zero-order chi connectivity index (χ0) is 23.3. The summed E-state index contributed by atoms with van der Waals surface area (Å²) < 4.78 is 20.5. The summed E-state index contributed by atoms with van der Waals surface area (Å²) >= 11 is 0. The van der Waals surface area contributed by atoms with E-state index in [9.17, 15) is 9.18 Å². The van der Waals surface area contributed by atoms with Crippen molar-refractivity contribution in [1.82, 2.24) is 4.98 Å². The summed E-state index contributed by atoms with van der Waals surface area (Å²) in [5.41, 5.74) is 3.16. The standard InChI is InChI=1S/C29H27FN2O2/c30-24-16-23(17-25(19-24)32-14-4-1-5-15-32)28(33)18-22-8-9-29(27-7-3-2-6-26(22)27)34-20-21-10-12-31-13-11-21/h2-3,6-13,16-17,19H,1,4-5,14-15,18,20H2. The quantitative estimate of drug-likeness (QED) is 0.304. The van der Waals surface area contributed by atoms with Crippen LogP contribution in [0.5, 0.6) is 5.75 Å². The van der Waals surface area contributed by atoms with Gasteiger partial charge in [-0.25, -0.2) is 4.39 Å². The van der Waals surface area contributed by atoms with Crippen LogP contribution in [0.4, 0.5) is 10.1 Å². The number of hydrogen-bond donors (Lipinski definition) is 0. The Morgan fingerprint density at radius 2 is 1.68 bits per heavy atom. The second-order valence-corrected chi connectivity index (χ2v) is 8.76. The predicted octanol–water partition coefficient (Wildman–Crippen LogP) is 6.37. The Morgan fingerprint density at radius 3 is 2.47 bits per heavy atom. The lowest BCUT2D eigenvalue weighted by Crippen LogP contribution is -2.29. The number of piperidine rings is 1. The van der Waals surface area contributed by atoms with Crippen LogP contribution < -0.4 is 9.64 Å². The van der Waals surface area contributed by atoms with Crippen LogP contribution in [0.3, 0.4) is 0 Å². The molecule has 0 N–H and O–H groups in total. The number of anilines is 1. The second kappa shape index (κ2) is 10.0. The van der Waals surface area contributed by atoms with Gasteiger partial charge in [-0.1, -0.05) is 30.3 Å². The van der Waals surface area contributed by atoms with Gasteiger partial charge in [-0.2, -0.15) is 0 Å². The third kappa shape index (κ3) is 4.93. The largest absolute Gasteiger partial charge is 0.488 e. The van der Waals surface area contributed by atoms with Crippen molar-refractivity contribution in [2.24, 2.45) is 0 Å². The van der Waals surface area contributed by atoms with Gasteiger partial charge in [0.1, 0.15) is 18.2 Å². The molecular weight excluding hydrogens is 427 g/mol. The van der Waals surface area contributed by atoms with Gasteiger partial charge in [0.25, 0.3) is 0 Å². The Kier molecular flexibility index (Phi) is 6.52. The monoisotopic (exact) mass is 454 g/mol. The van der Waals surface area contributed by atoms with E-state index < -0.39 is 0 Å². The van der Waals surface area contributed by atoms with E-state index in [0.717, 1.165) is 59.3 Å². The topological polar surface area (TPSA) is 42.4 Å². The number of Topliss-reactive ketones (excluding diaryl/α,β-unsaturated/α-hetero) is 1. The highest BCUT2D eigenvalue weighted by Gasteiger charge is 2.17. The molecule has 1 aliphatic heterocycles. The van der Waals surface area contributed by atoms with Gasteiger partial charge < -0.3 is 9.64 Å². The maximum atomic E-state index is 14.4. The molecule has 1 aromatic heterocycles. The lowest BCUT2D eigenvalue weighted by atomic mass is 9.96. The van der Waals surface area contributed by atoms with E-state index in [-0.39, 0.29) is 18.0 Å². The summed E-state index contributed by atoms with van der Waals surface area (Å²) in [6.45, 7) is 2.25. The Morgan fingerprint density at radius 1 is 0.912 bits per heavy atom. The summed E-state index contributed by atoms with van der Waals surface area (Å²) in [4.78, 5) is 19.4. The number of rotatable bonds is 7. The highest BCUT2D eigenvalue weighted by Crippen LogP contribution is 2.30. The fraction of sp³-hybridized carbons (Fsp3) is 0.241. The number of ketones is 1. The van der Waals surface area contributed by atoms with Crippen molar-refractivity contribution in [2.75, 3.05) is 18.0 Å². The minimum atomic E-state index is -0.365. The van der Waals surface area contributed by atoms with Gasteiger partial charge >= 0.3 is 0 Å². The van der Waals surface area contributed by atoms with Crippen molar-refractivity contribution in [3.63, 3.8) is 0 Å². The molecule has 0 radical (unpaired) electrons. The van der Waals surface area contributed by atoms with E-state index in [1.54, 1.807) is 12.4 Å². The number of nitrogens with zero attached hydrogens (tertiary/aromatic N) is 2. The smallest absolute Gasteiger partial charge is 0.167 e. The minimum absolute atomic E-state index is 0.0895. The Hall–Kier alpha value is -3.73. The molecule has 5 rings (SSSR count). The van der Waals surface area contributed by atoms with Gasteiger partial charge in [0, 0.05) is 48.5 Å². The molecule has 1 fully saturated rings. The molecule has 1 aliphatic rings. The number of carbonyl (C=O) groups is 1. The van der Waals surface area contributed by atoms with E-state index in [0.29, 0.717) is 12.2 Å². The number of aromatic nitrogens is 1. The summed E-state index contributed by atoms with van der Waals surface area (Å²) in [6.07, 6.45) is 7.09. The summed E-state index contributed by atoms with van der Waals surface area (Å²) in [6, 6.07) is 20.3. The van der Waals surface area contributed by atoms with Gasteiger partial charge in [-0.05, 0) is 72.2 Å². The summed E-state index contributed by atoms with van der Waals surface area (Å²) in [7, 11) is 0. The van der Waals surface area contributed by atoms with Gasteiger partial charge in [0.2, 0.25) is 0 Å². The third-order valence-electron chi connectivity index (χ3n) is 6.39. The van der Waals surface area contributed by atoms with Crippen LogP contribution in [0.1, 0.15) is 40.7 Å².